The van der Waals surface area contributed by atoms with Crippen molar-refractivity contribution in [3.05, 3.63) is 23.7 Å². The largest absolute Gasteiger partial charge is 0.308 e. The molecule has 4 heteroatoms. The molecule has 2 unspecified atom stereocenters. The molecule has 2 atom stereocenters. The highest BCUT2D eigenvalue weighted by molar-refractivity contribution is 6.20. The molecule has 2 heterocycles. The molecule has 0 amide bonds. The van der Waals surface area contributed by atoms with Gasteiger partial charge < -0.3 is 4.57 Å². The average Bonchev–Trinajstić information content (AvgIpc) is 2.77. The van der Waals surface area contributed by atoms with Crippen LogP contribution in [0.4, 0.5) is 0 Å². The van der Waals surface area contributed by atoms with E-state index in [0.717, 1.165) is 41.8 Å². The summed E-state index contributed by atoms with van der Waals surface area (Å²) < 4.78 is 2.25. The highest BCUT2D eigenvalue weighted by atomic mass is 35.5. The third kappa shape index (κ3) is 2.62. The number of hydrogen-bond donors (Lipinski definition) is 0. The fourth-order valence-corrected chi connectivity index (χ4v) is 2.77. The number of rotatable bonds is 5. The number of alkyl halides is 1. The molecule has 0 aromatic carbocycles. The van der Waals surface area contributed by atoms with Crippen LogP contribution in [0.1, 0.15) is 62.8 Å². The summed E-state index contributed by atoms with van der Waals surface area (Å²) in [6.07, 6.45) is 5.22. The van der Waals surface area contributed by atoms with Crippen LogP contribution in [0.2, 0.25) is 0 Å². The maximum absolute atomic E-state index is 6.32. The average molecular weight is 280 g/mol. The molecule has 0 aliphatic rings. The Balaban J connectivity index is 2.67. The van der Waals surface area contributed by atoms with E-state index in [1.807, 2.05) is 19.2 Å². The molecule has 0 bridgehead atoms. The van der Waals surface area contributed by atoms with Crippen LogP contribution >= 0.6 is 11.6 Å². The maximum atomic E-state index is 6.32. The lowest BCUT2D eigenvalue weighted by molar-refractivity contribution is 0.441. The van der Waals surface area contributed by atoms with Gasteiger partial charge in [0.1, 0.15) is 11.3 Å². The van der Waals surface area contributed by atoms with Crippen LogP contribution in [0.25, 0.3) is 11.2 Å². The minimum absolute atomic E-state index is 0.0977. The van der Waals surface area contributed by atoms with E-state index >= 15 is 0 Å². The first-order valence-electron chi connectivity index (χ1n) is 7.07. The first-order valence-corrected chi connectivity index (χ1v) is 7.51. The number of halogens is 1. The summed E-state index contributed by atoms with van der Waals surface area (Å²) in [5.41, 5.74) is 3.12. The molecule has 3 nitrogen and oxygen atoms in total. The van der Waals surface area contributed by atoms with Crippen molar-refractivity contribution in [2.45, 2.75) is 58.4 Å². The Kier molecular flexibility index (Phi) is 4.46. The van der Waals surface area contributed by atoms with Gasteiger partial charge in [-0.1, -0.05) is 20.3 Å². The normalized spacial score (nSPS) is 14.8. The van der Waals surface area contributed by atoms with E-state index in [2.05, 4.69) is 30.3 Å². The summed E-state index contributed by atoms with van der Waals surface area (Å²) in [7, 11) is 0. The predicted octanol–water partition coefficient (Wildman–Crippen LogP) is 4.79. The minimum Gasteiger partial charge on any atom is -0.308 e. The molecule has 19 heavy (non-hydrogen) atoms. The van der Waals surface area contributed by atoms with E-state index in [1.54, 1.807) is 0 Å². The summed E-state index contributed by atoms with van der Waals surface area (Å²) in [6.45, 7) is 8.48. The van der Waals surface area contributed by atoms with Gasteiger partial charge in [0.15, 0.2) is 5.65 Å². The molecule has 0 N–H and O–H groups in total. The van der Waals surface area contributed by atoms with E-state index in [1.165, 1.54) is 0 Å². The van der Waals surface area contributed by atoms with Crippen LogP contribution < -0.4 is 0 Å². The van der Waals surface area contributed by atoms with Gasteiger partial charge in [0.25, 0.3) is 0 Å². The van der Waals surface area contributed by atoms with Gasteiger partial charge in [-0.25, -0.2) is 9.97 Å². The molecule has 0 saturated heterocycles. The van der Waals surface area contributed by atoms with E-state index in [4.69, 9.17) is 16.6 Å². The number of pyridine rings is 1. The van der Waals surface area contributed by atoms with Gasteiger partial charge in [0.05, 0.1) is 5.38 Å². The van der Waals surface area contributed by atoms with E-state index in [0.29, 0.717) is 6.04 Å². The quantitative estimate of drug-likeness (QED) is 0.737. The van der Waals surface area contributed by atoms with Gasteiger partial charge in [-0.05, 0) is 38.3 Å². The second-order valence-electron chi connectivity index (χ2n) is 5.11. The highest BCUT2D eigenvalue weighted by Gasteiger charge is 2.21. The van der Waals surface area contributed by atoms with Crippen molar-refractivity contribution >= 4 is 22.8 Å². The number of hydrogen-bond acceptors (Lipinski definition) is 2. The molecule has 2 rings (SSSR count). The van der Waals surface area contributed by atoms with Crippen LogP contribution in [-0.2, 0) is 0 Å². The topological polar surface area (TPSA) is 30.7 Å². The first kappa shape index (κ1) is 14.3. The van der Waals surface area contributed by atoms with Gasteiger partial charge in [0.2, 0.25) is 0 Å². The Hall–Kier alpha value is -1.09. The third-order valence-electron chi connectivity index (χ3n) is 3.62. The Morgan fingerprint density at radius 3 is 2.68 bits per heavy atom. The van der Waals surface area contributed by atoms with Gasteiger partial charge in [-0.3, -0.25) is 0 Å². The zero-order valence-corrected chi connectivity index (χ0v) is 12.9. The van der Waals surface area contributed by atoms with Crippen molar-refractivity contribution in [1.82, 2.24) is 14.5 Å². The minimum atomic E-state index is -0.0977. The van der Waals surface area contributed by atoms with Crippen LogP contribution in [0.5, 0.6) is 0 Å². The van der Waals surface area contributed by atoms with Gasteiger partial charge in [-0.15, -0.1) is 11.6 Å². The van der Waals surface area contributed by atoms with Crippen LogP contribution in [-0.4, -0.2) is 14.5 Å². The summed E-state index contributed by atoms with van der Waals surface area (Å²) in [5, 5.41) is -0.0977. The standard InChI is InChI=1S/C15H22ClN3/c1-5-7-12(6-2)19-14(11(4)16)18-13-10(3)8-9-17-15(13)19/h8-9,11-12H,5-7H2,1-4H3. The predicted molar refractivity (Wildman–Crippen MR) is 80.8 cm³/mol. The van der Waals surface area contributed by atoms with Crippen LogP contribution in [0, 0.1) is 6.92 Å². The molecule has 2 aromatic rings. The molecule has 0 spiro atoms. The van der Waals surface area contributed by atoms with Crippen molar-refractivity contribution in [2.24, 2.45) is 0 Å². The summed E-state index contributed by atoms with van der Waals surface area (Å²) in [5.74, 6) is 0.943. The fourth-order valence-electron chi connectivity index (χ4n) is 2.62. The number of imidazole rings is 1. The van der Waals surface area contributed by atoms with Crippen molar-refractivity contribution < 1.29 is 0 Å². The SMILES string of the molecule is CCCC(CC)n1c(C(C)Cl)nc2c(C)ccnc21. The van der Waals surface area contributed by atoms with E-state index in [-0.39, 0.29) is 5.38 Å². The lowest BCUT2D eigenvalue weighted by Gasteiger charge is -2.20. The molecule has 2 aromatic heterocycles. The Morgan fingerprint density at radius 2 is 2.11 bits per heavy atom. The molecular formula is C15H22ClN3. The smallest absolute Gasteiger partial charge is 0.160 e. The maximum Gasteiger partial charge on any atom is 0.160 e. The Bertz CT molecular complexity index is 560. The zero-order chi connectivity index (χ0) is 14.0. The summed E-state index contributed by atoms with van der Waals surface area (Å²) in [6, 6.07) is 2.43. The van der Waals surface area contributed by atoms with Crippen LogP contribution in [0.15, 0.2) is 12.3 Å². The van der Waals surface area contributed by atoms with Crippen molar-refractivity contribution in [2.75, 3.05) is 0 Å². The lowest BCUT2D eigenvalue weighted by atomic mass is 10.1. The Labute approximate surface area is 120 Å². The first-order chi connectivity index (χ1) is 9.10. The second-order valence-corrected chi connectivity index (χ2v) is 5.76. The van der Waals surface area contributed by atoms with Gasteiger partial charge in [0, 0.05) is 12.2 Å². The molecular weight excluding hydrogens is 258 g/mol. The van der Waals surface area contributed by atoms with Crippen molar-refractivity contribution in [3.8, 4) is 0 Å². The van der Waals surface area contributed by atoms with E-state index in [9.17, 15) is 0 Å². The molecule has 0 radical (unpaired) electrons. The van der Waals surface area contributed by atoms with E-state index < -0.39 is 0 Å². The molecule has 0 saturated carbocycles. The second kappa shape index (κ2) is 5.91. The van der Waals surface area contributed by atoms with Crippen molar-refractivity contribution in [1.29, 1.82) is 0 Å². The number of nitrogens with zero attached hydrogens (tertiary/aromatic N) is 3. The number of aryl methyl sites for hydroxylation is 1. The molecule has 0 fully saturated rings. The van der Waals surface area contributed by atoms with Crippen LogP contribution in [0.3, 0.4) is 0 Å². The fraction of sp³-hybridized carbons (Fsp3) is 0.600. The summed E-state index contributed by atoms with van der Waals surface area (Å²) >= 11 is 6.32. The van der Waals surface area contributed by atoms with Gasteiger partial charge in [-0.2, -0.15) is 0 Å². The molecule has 104 valence electrons. The molecule has 0 aliphatic heterocycles. The number of fused-ring (bicyclic) bond motifs is 1. The zero-order valence-electron chi connectivity index (χ0n) is 12.2. The lowest BCUT2D eigenvalue weighted by Crippen LogP contribution is -2.12. The summed E-state index contributed by atoms with van der Waals surface area (Å²) in [4.78, 5) is 9.27. The Morgan fingerprint density at radius 1 is 1.37 bits per heavy atom. The molecule has 0 aliphatic carbocycles. The monoisotopic (exact) mass is 279 g/mol. The van der Waals surface area contributed by atoms with Gasteiger partial charge >= 0.3 is 0 Å². The highest BCUT2D eigenvalue weighted by Crippen LogP contribution is 2.31. The van der Waals surface area contributed by atoms with Crippen molar-refractivity contribution in [3.63, 3.8) is 0 Å². The third-order valence-corrected chi connectivity index (χ3v) is 3.82. The number of aromatic nitrogens is 3.